The molecule has 0 amide bonds. The van der Waals surface area contributed by atoms with Gasteiger partial charge < -0.3 is 0 Å². The predicted octanol–water partition coefficient (Wildman–Crippen LogP) is 3.65. The van der Waals surface area contributed by atoms with E-state index >= 15 is 0 Å². The molecular weight excluding hydrogens is 250 g/mol. The summed E-state index contributed by atoms with van der Waals surface area (Å²) in [6, 6.07) is 8.62. The van der Waals surface area contributed by atoms with E-state index in [0.717, 1.165) is 36.3 Å². The normalized spacial score (nSPS) is 22.4. The third-order valence-electron chi connectivity index (χ3n) is 4.09. The Kier molecular flexibility index (Phi) is 3.70. The van der Waals surface area contributed by atoms with E-state index in [0.29, 0.717) is 5.69 Å². The minimum Gasteiger partial charge on any atom is -0.292 e. The SMILES string of the molecule is O=C1C2=C(C=CC1N(O)c1ccccc1)CCCCC2. The summed E-state index contributed by atoms with van der Waals surface area (Å²) in [5.74, 6) is 0.0516. The molecule has 0 saturated heterocycles. The highest BCUT2D eigenvalue weighted by atomic mass is 16.5. The molecule has 2 aliphatic carbocycles. The van der Waals surface area contributed by atoms with Crippen LogP contribution in [0.25, 0.3) is 0 Å². The van der Waals surface area contributed by atoms with Crippen molar-refractivity contribution < 1.29 is 10.0 Å². The molecule has 1 N–H and O–H groups in total. The van der Waals surface area contributed by atoms with Crippen molar-refractivity contribution >= 4 is 11.5 Å². The van der Waals surface area contributed by atoms with Crippen molar-refractivity contribution in [3.63, 3.8) is 0 Å². The summed E-state index contributed by atoms with van der Waals surface area (Å²) >= 11 is 0. The molecule has 0 radical (unpaired) electrons. The van der Waals surface area contributed by atoms with Gasteiger partial charge in [-0.2, -0.15) is 0 Å². The summed E-state index contributed by atoms with van der Waals surface area (Å²) in [6.07, 6.45) is 9.09. The second-order valence-corrected chi connectivity index (χ2v) is 5.41. The Morgan fingerprint density at radius 2 is 1.80 bits per heavy atom. The molecule has 0 aromatic heterocycles. The molecule has 2 aliphatic rings. The molecule has 1 aromatic carbocycles. The summed E-state index contributed by atoms with van der Waals surface area (Å²) in [6.45, 7) is 0. The van der Waals surface area contributed by atoms with Crippen LogP contribution in [0, 0.1) is 0 Å². The highest BCUT2D eigenvalue weighted by molar-refractivity contribution is 6.04. The van der Waals surface area contributed by atoms with Crippen molar-refractivity contribution in [2.75, 3.05) is 5.06 Å². The van der Waals surface area contributed by atoms with Crippen LogP contribution >= 0.6 is 0 Å². The smallest absolute Gasteiger partial charge is 0.187 e. The Morgan fingerprint density at radius 1 is 1.05 bits per heavy atom. The fourth-order valence-electron chi connectivity index (χ4n) is 2.98. The molecule has 0 aliphatic heterocycles. The van der Waals surface area contributed by atoms with Crippen LogP contribution in [0.2, 0.25) is 0 Å². The van der Waals surface area contributed by atoms with Gasteiger partial charge in [-0.1, -0.05) is 36.8 Å². The standard InChI is InChI=1S/C17H19NO2/c19-17-15-10-6-1-3-7-13(15)11-12-16(17)18(20)14-8-4-2-5-9-14/h2,4-5,8-9,11-12,16,20H,1,3,6-7,10H2. The highest BCUT2D eigenvalue weighted by Crippen LogP contribution is 2.31. The lowest BCUT2D eigenvalue weighted by atomic mass is 9.89. The Labute approximate surface area is 119 Å². The van der Waals surface area contributed by atoms with Gasteiger partial charge in [0.25, 0.3) is 0 Å². The van der Waals surface area contributed by atoms with Crippen LogP contribution in [0.15, 0.2) is 53.6 Å². The van der Waals surface area contributed by atoms with Crippen molar-refractivity contribution in [1.29, 1.82) is 0 Å². The average molecular weight is 269 g/mol. The number of hydroxylamine groups is 1. The Bertz CT molecular complexity index is 560. The zero-order valence-electron chi connectivity index (χ0n) is 11.5. The Morgan fingerprint density at radius 3 is 2.60 bits per heavy atom. The third kappa shape index (κ3) is 2.41. The van der Waals surface area contributed by atoms with Crippen molar-refractivity contribution in [1.82, 2.24) is 0 Å². The number of ketones is 1. The number of rotatable bonds is 2. The number of nitrogens with zero attached hydrogens (tertiary/aromatic N) is 1. The molecule has 0 fully saturated rings. The molecule has 0 heterocycles. The minimum absolute atomic E-state index is 0.0516. The monoisotopic (exact) mass is 269 g/mol. The maximum absolute atomic E-state index is 12.6. The second-order valence-electron chi connectivity index (χ2n) is 5.41. The van der Waals surface area contributed by atoms with Crippen LogP contribution in [0.3, 0.4) is 0 Å². The van der Waals surface area contributed by atoms with Gasteiger partial charge in [-0.05, 0) is 43.4 Å². The molecule has 0 spiro atoms. The fraction of sp³-hybridized carbons (Fsp3) is 0.353. The van der Waals surface area contributed by atoms with Gasteiger partial charge >= 0.3 is 0 Å². The van der Waals surface area contributed by atoms with Crippen molar-refractivity contribution in [3.8, 4) is 0 Å². The third-order valence-corrected chi connectivity index (χ3v) is 4.09. The summed E-state index contributed by atoms with van der Waals surface area (Å²) in [7, 11) is 0. The van der Waals surface area contributed by atoms with Gasteiger partial charge in [0, 0.05) is 5.57 Å². The molecule has 0 saturated carbocycles. The number of anilines is 1. The van der Waals surface area contributed by atoms with Crippen molar-refractivity contribution in [2.45, 2.75) is 38.1 Å². The van der Waals surface area contributed by atoms with E-state index in [1.807, 2.05) is 30.4 Å². The maximum atomic E-state index is 12.6. The van der Waals surface area contributed by atoms with E-state index < -0.39 is 6.04 Å². The van der Waals surface area contributed by atoms with Crippen LogP contribution in [0.4, 0.5) is 5.69 Å². The minimum atomic E-state index is -0.589. The van der Waals surface area contributed by atoms with Gasteiger partial charge in [0.2, 0.25) is 0 Å². The molecule has 104 valence electrons. The Balaban J connectivity index is 1.85. The van der Waals surface area contributed by atoms with E-state index in [2.05, 4.69) is 0 Å². The van der Waals surface area contributed by atoms with Gasteiger partial charge in [0.1, 0.15) is 6.04 Å². The first kappa shape index (κ1) is 13.1. The molecule has 3 rings (SSSR count). The number of Topliss-reactive ketones (excluding diaryl/α,β-unsaturated/α-hetero) is 1. The predicted molar refractivity (Wildman–Crippen MR) is 78.8 cm³/mol. The zero-order valence-corrected chi connectivity index (χ0v) is 11.5. The van der Waals surface area contributed by atoms with Gasteiger partial charge in [0.05, 0.1) is 5.69 Å². The molecule has 20 heavy (non-hydrogen) atoms. The lowest BCUT2D eigenvalue weighted by Gasteiger charge is -2.28. The molecule has 1 aromatic rings. The molecule has 0 bridgehead atoms. The second kappa shape index (κ2) is 5.63. The van der Waals surface area contributed by atoms with Crippen LogP contribution in [-0.2, 0) is 4.79 Å². The van der Waals surface area contributed by atoms with Gasteiger partial charge in [-0.25, -0.2) is 5.06 Å². The zero-order chi connectivity index (χ0) is 13.9. The molecule has 3 heteroatoms. The van der Waals surface area contributed by atoms with Gasteiger partial charge in [-0.3, -0.25) is 10.0 Å². The number of hydrogen-bond donors (Lipinski definition) is 1. The maximum Gasteiger partial charge on any atom is 0.187 e. The fourth-order valence-corrected chi connectivity index (χ4v) is 2.98. The summed E-state index contributed by atoms with van der Waals surface area (Å²) in [5.41, 5.74) is 2.74. The molecule has 1 atom stereocenters. The number of para-hydroxylation sites is 1. The molecule has 1 unspecified atom stereocenters. The van der Waals surface area contributed by atoms with Crippen LogP contribution in [-0.4, -0.2) is 17.0 Å². The van der Waals surface area contributed by atoms with Gasteiger partial charge in [0.15, 0.2) is 5.78 Å². The van der Waals surface area contributed by atoms with Crippen LogP contribution < -0.4 is 5.06 Å². The quantitative estimate of drug-likeness (QED) is 0.833. The average Bonchev–Trinajstić information content (AvgIpc) is 2.74. The first-order valence-corrected chi connectivity index (χ1v) is 7.25. The topological polar surface area (TPSA) is 40.5 Å². The molecular formula is C17H19NO2. The van der Waals surface area contributed by atoms with Gasteiger partial charge in [-0.15, -0.1) is 0 Å². The van der Waals surface area contributed by atoms with E-state index in [1.165, 1.54) is 12.0 Å². The Hall–Kier alpha value is -1.87. The van der Waals surface area contributed by atoms with Crippen LogP contribution in [0.5, 0.6) is 0 Å². The number of allylic oxidation sites excluding steroid dienone is 2. The summed E-state index contributed by atoms with van der Waals surface area (Å²) < 4.78 is 0. The number of carbonyl (C=O) groups is 1. The lowest BCUT2D eigenvalue weighted by Crippen LogP contribution is -2.40. The van der Waals surface area contributed by atoms with E-state index in [9.17, 15) is 10.0 Å². The molecule has 3 nitrogen and oxygen atoms in total. The summed E-state index contributed by atoms with van der Waals surface area (Å²) in [4.78, 5) is 12.6. The number of carbonyl (C=O) groups excluding carboxylic acids is 1. The largest absolute Gasteiger partial charge is 0.292 e. The summed E-state index contributed by atoms with van der Waals surface area (Å²) in [5, 5.41) is 11.4. The van der Waals surface area contributed by atoms with Crippen molar-refractivity contribution in [2.24, 2.45) is 0 Å². The first-order valence-electron chi connectivity index (χ1n) is 7.25. The lowest BCUT2D eigenvalue weighted by molar-refractivity contribution is -0.117. The highest BCUT2D eigenvalue weighted by Gasteiger charge is 2.30. The van der Waals surface area contributed by atoms with E-state index in [-0.39, 0.29) is 5.78 Å². The van der Waals surface area contributed by atoms with E-state index in [1.54, 1.807) is 12.1 Å². The van der Waals surface area contributed by atoms with Crippen LogP contribution in [0.1, 0.15) is 32.1 Å². The number of hydrogen-bond acceptors (Lipinski definition) is 3. The first-order chi connectivity index (χ1) is 9.77. The number of benzene rings is 1. The van der Waals surface area contributed by atoms with E-state index in [4.69, 9.17) is 0 Å². The van der Waals surface area contributed by atoms with Crippen molar-refractivity contribution in [3.05, 3.63) is 53.6 Å².